The van der Waals surface area contributed by atoms with Gasteiger partial charge in [0.2, 0.25) is 0 Å². The predicted molar refractivity (Wildman–Crippen MR) is 83.4 cm³/mol. The molecule has 1 fully saturated rings. The maximum absolute atomic E-state index is 6.12. The van der Waals surface area contributed by atoms with Crippen LogP contribution < -0.4 is 5.73 Å². The van der Waals surface area contributed by atoms with Crippen molar-refractivity contribution in [2.75, 3.05) is 13.2 Å². The molecule has 0 spiro atoms. The van der Waals surface area contributed by atoms with Crippen LogP contribution in [0.4, 0.5) is 0 Å². The fourth-order valence-electron chi connectivity index (χ4n) is 3.00. The Morgan fingerprint density at radius 3 is 2.05 bits per heavy atom. The molecule has 2 nitrogen and oxygen atoms in total. The molecule has 0 aromatic heterocycles. The van der Waals surface area contributed by atoms with Gasteiger partial charge in [0, 0.05) is 12.6 Å². The molecule has 2 N–H and O–H groups in total. The summed E-state index contributed by atoms with van der Waals surface area (Å²) in [5, 5.41) is 0. The Kier molecular flexibility index (Phi) is 10.5. The Hall–Kier alpha value is -0.0800. The highest BCUT2D eigenvalue weighted by Gasteiger charge is 2.21. The molecule has 1 heterocycles. The lowest BCUT2D eigenvalue weighted by molar-refractivity contribution is 0.0378. The van der Waals surface area contributed by atoms with Crippen LogP contribution in [-0.4, -0.2) is 19.3 Å². The summed E-state index contributed by atoms with van der Waals surface area (Å²) in [4.78, 5) is 0. The second-order valence-corrected chi connectivity index (χ2v) is 6.26. The van der Waals surface area contributed by atoms with Crippen molar-refractivity contribution in [2.45, 2.75) is 90.0 Å². The first-order chi connectivity index (χ1) is 9.34. The largest absolute Gasteiger partial charge is 0.381 e. The monoisotopic (exact) mass is 269 g/mol. The van der Waals surface area contributed by atoms with E-state index in [4.69, 9.17) is 10.5 Å². The minimum absolute atomic E-state index is 0.396. The van der Waals surface area contributed by atoms with Gasteiger partial charge in [-0.2, -0.15) is 0 Å². The highest BCUT2D eigenvalue weighted by Crippen LogP contribution is 2.20. The lowest BCUT2D eigenvalue weighted by Gasteiger charge is -2.28. The highest BCUT2D eigenvalue weighted by molar-refractivity contribution is 4.76. The van der Waals surface area contributed by atoms with Crippen LogP contribution in [-0.2, 0) is 4.74 Å². The zero-order chi connectivity index (χ0) is 13.8. The smallest absolute Gasteiger partial charge is 0.0509 e. The highest BCUT2D eigenvalue weighted by atomic mass is 16.5. The van der Waals surface area contributed by atoms with Crippen molar-refractivity contribution in [3.8, 4) is 0 Å². The molecule has 114 valence electrons. The van der Waals surface area contributed by atoms with E-state index in [0.29, 0.717) is 12.0 Å². The van der Waals surface area contributed by atoms with E-state index in [1.54, 1.807) is 0 Å². The summed E-state index contributed by atoms with van der Waals surface area (Å²) in [5.41, 5.74) is 6.12. The summed E-state index contributed by atoms with van der Waals surface area (Å²) in [5.74, 6) is 0.628. The number of hydrogen-bond donors (Lipinski definition) is 1. The third-order valence-corrected chi connectivity index (χ3v) is 4.46. The van der Waals surface area contributed by atoms with E-state index in [-0.39, 0.29) is 0 Å². The van der Waals surface area contributed by atoms with Crippen molar-refractivity contribution in [1.29, 1.82) is 0 Å². The maximum atomic E-state index is 6.12. The molecule has 0 amide bonds. The molecule has 0 aliphatic carbocycles. The summed E-state index contributed by atoms with van der Waals surface area (Å²) in [6.07, 6.45) is 16.5. The van der Waals surface area contributed by atoms with E-state index in [0.717, 1.165) is 19.6 Å². The van der Waals surface area contributed by atoms with Crippen molar-refractivity contribution in [2.24, 2.45) is 11.7 Å². The van der Waals surface area contributed by atoms with Gasteiger partial charge in [0.15, 0.2) is 0 Å². The molecule has 2 unspecified atom stereocenters. The van der Waals surface area contributed by atoms with E-state index >= 15 is 0 Å². The molecule has 1 saturated heterocycles. The van der Waals surface area contributed by atoms with Gasteiger partial charge >= 0.3 is 0 Å². The summed E-state index contributed by atoms with van der Waals surface area (Å²) in [6, 6.07) is 0.396. The van der Waals surface area contributed by atoms with E-state index in [9.17, 15) is 0 Å². The van der Waals surface area contributed by atoms with Crippen LogP contribution in [0, 0.1) is 5.92 Å². The van der Waals surface area contributed by atoms with Crippen molar-refractivity contribution in [3.63, 3.8) is 0 Å². The van der Waals surface area contributed by atoms with Crippen LogP contribution in [0.3, 0.4) is 0 Å². The standard InChI is InChI=1S/C17H35NO/c1-2-3-4-5-6-7-8-9-10-11-12-16-15-19-14-13-17(16)18/h16-17H,2-15,18H2,1H3. The van der Waals surface area contributed by atoms with E-state index < -0.39 is 0 Å². The zero-order valence-corrected chi connectivity index (χ0v) is 13.0. The van der Waals surface area contributed by atoms with Crippen LogP contribution >= 0.6 is 0 Å². The average molecular weight is 269 g/mol. The number of hydrogen-bond acceptors (Lipinski definition) is 2. The van der Waals surface area contributed by atoms with Gasteiger partial charge in [-0.15, -0.1) is 0 Å². The Morgan fingerprint density at radius 1 is 0.895 bits per heavy atom. The third kappa shape index (κ3) is 8.65. The lowest BCUT2D eigenvalue weighted by atomic mass is 9.91. The van der Waals surface area contributed by atoms with Crippen molar-refractivity contribution < 1.29 is 4.74 Å². The van der Waals surface area contributed by atoms with E-state index in [2.05, 4.69) is 6.92 Å². The minimum Gasteiger partial charge on any atom is -0.381 e. The van der Waals surface area contributed by atoms with Gasteiger partial charge in [0.1, 0.15) is 0 Å². The summed E-state index contributed by atoms with van der Waals surface area (Å²) < 4.78 is 5.51. The van der Waals surface area contributed by atoms with Crippen molar-refractivity contribution >= 4 is 0 Å². The second kappa shape index (κ2) is 11.7. The van der Waals surface area contributed by atoms with Crippen LogP contribution in [0.1, 0.15) is 84.0 Å². The molecule has 0 aromatic rings. The van der Waals surface area contributed by atoms with Crippen LogP contribution in [0.25, 0.3) is 0 Å². The molecule has 2 heteroatoms. The van der Waals surface area contributed by atoms with Gasteiger partial charge < -0.3 is 10.5 Å². The quantitative estimate of drug-likeness (QED) is 0.554. The van der Waals surface area contributed by atoms with Crippen molar-refractivity contribution in [1.82, 2.24) is 0 Å². The molecular formula is C17H35NO. The normalized spacial score (nSPS) is 23.7. The molecule has 0 bridgehead atoms. The molecule has 1 rings (SSSR count). The van der Waals surface area contributed by atoms with Crippen LogP contribution in [0.2, 0.25) is 0 Å². The molecule has 0 aromatic carbocycles. The predicted octanol–water partition coefficient (Wildman–Crippen LogP) is 4.66. The minimum atomic E-state index is 0.396. The topological polar surface area (TPSA) is 35.2 Å². The molecular weight excluding hydrogens is 234 g/mol. The lowest BCUT2D eigenvalue weighted by Crippen LogP contribution is -2.38. The molecule has 0 radical (unpaired) electrons. The first-order valence-corrected chi connectivity index (χ1v) is 8.68. The maximum Gasteiger partial charge on any atom is 0.0509 e. The van der Waals surface area contributed by atoms with Gasteiger partial charge in [-0.05, 0) is 18.8 Å². The zero-order valence-electron chi connectivity index (χ0n) is 13.0. The number of ether oxygens (including phenoxy) is 1. The Balaban J connectivity index is 1.80. The van der Waals surface area contributed by atoms with Gasteiger partial charge in [0.25, 0.3) is 0 Å². The Labute approximate surface area is 120 Å². The average Bonchev–Trinajstić information content (AvgIpc) is 2.43. The van der Waals surface area contributed by atoms with Gasteiger partial charge in [-0.1, -0.05) is 71.1 Å². The van der Waals surface area contributed by atoms with Crippen LogP contribution in [0.5, 0.6) is 0 Å². The van der Waals surface area contributed by atoms with Crippen LogP contribution in [0.15, 0.2) is 0 Å². The first kappa shape index (κ1) is 17.0. The summed E-state index contributed by atoms with van der Waals surface area (Å²) in [6.45, 7) is 4.05. The van der Waals surface area contributed by atoms with E-state index in [1.807, 2.05) is 0 Å². The first-order valence-electron chi connectivity index (χ1n) is 8.68. The third-order valence-electron chi connectivity index (χ3n) is 4.46. The molecule has 0 saturated carbocycles. The molecule has 2 atom stereocenters. The molecule has 19 heavy (non-hydrogen) atoms. The van der Waals surface area contributed by atoms with Gasteiger partial charge in [-0.25, -0.2) is 0 Å². The number of rotatable bonds is 11. The second-order valence-electron chi connectivity index (χ2n) is 6.26. The SMILES string of the molecule is CCCCCCCCCCCCC1COCCC1N. The van der Waals surface area contributed by atoms with Crippen molar-refractivity contribution in [3.05, 3.63) is 0 Å². The van der Waals surface area contributed by atoms with E-state index in [1.165, 1.54) is 70.6 Å². The fraction of sp³-hybridized carbons (Fsp3) is 1.00. The summed E-state index contributed by atoms with van der Waals surface area (Å²) >= 11 is 0. The van der Waals surface area contributed by atoms with Gasteiger partial charge in [0.05, 0.1) is 6.61 Å². The fourth-order valence-corrected chi connectivity index (χ4v) is 3.00. The Bertz CT molecular complexity index is 196. The molecule has 1 aliphatic rings. The Morgan fingerprint density at radius 2 is 1.47 bits per heavy atom. The number of nitrogens with two attached hydrogens (primary N) is 1. The van der Waals surface area contributed by atoms with Gasteiger partial charge in [-0.3, -0.25) is 0 Å². The molecule has 1 aliphatic heterocycles. The number of unbranched alkanes of at least 4 members (excludes halogenated alkanes) is 9. The summed E-state index contributed by atoms with van der Waals surface area (Å²) in [7, 11) is 0.